The number of carbonyl (C=O) groups excluding carboxylic acids is 3. The van der Waals surface area contributed by atoms with E-state index in [1.165, 1.54) is 23.9 Å². The molecule has 1 heterocycles. The highest BCUT2D eigenvalue weighted by Gasteiger charge is 2.51. The van der Waals surface area contributed by atoms with Crippen LogP contribution < -0.4 is 5.32 Å². The fourth-order valence-corrected chi connectivity index (χ4v) is 4.94. The first-order valence-electron chi connectivity index (χ1n) is 10.5. The maximum Gasteiger partial charge on any atom is 0.416 e. The molecule has 5 nitrogen and oxygen atoms in total. The second-order valence-corrected chi connectivity index (χ2v) is 9.18. The number of benzene rings is 1. The van der Waals surface area contributed by atoms with Gasteiger partial charge in [0, 0.05) is 0 Å². The molecule has 170 valence electrons. The molecule has 0 bridgehead atoms. The number of likely N-dealkylation sites (tertiary alicyclic amines) is 1. The number of amides is 3. The lowest BCUT2D eigenvalue weighted by Gasteiger charge is -2.27. The summed E-state index contributed by atoms with van der Waals surface area (Å²) in [6.45, 7) is 1.59. The van der Waals surface area contributed by atoms with Gasteiger partial charge >= 0.3 is 6.18 Å². The number of rotatable bonds is 7. The molecule has 3 amide bonds. The average Bonchev–Trinajstić information content (AvgIpc) is 2.99. The Kier molecular flexibility index (Phi) is 7.34. The van der Waals surface area contributed by atoms with E-state index in [9.17, 15) is 27.6 Å². The van der Waals surface area contributed by atoms with Gasteiger partial charge in [0.1, 0.15) is 6.04 Å². The lowest BCUT2D eigenvalue weighted by molar-refractivity contribution is -0.148. The predicted molar refractivity (Wildman–Crippen MR) is 112 cm³/mol. The van der Waals surface area contributed by atoms with Crippen LogP contribution >= 0.6 is 11.8 Å². The largest absolute Gasteiger partial charge is 0.416 e. The third kappa shape index (κ3) is 5.07. The molecule has 9 heteroatoms. The van der Waals surface area contributed by atoms with Gasteiger partial charge in [0.2, 0.25) is 17.7 Å². The van der Waals surface area contributed by atoms with Crippen LogP contribution in [0.1, 0.15) is 56.2 Å². The van der Waals surface area contributed by atoms with Crippen LogP contribution in [0.4, 0.5) is 13.2 Å². The smallest absolute Gasteiger partial charge is 0.348 e. The van der Waals surface area contributed by atoms with Crippen LogP contribution in [-0.4, -0.2) is 40.7 Å². The van der Waals surface area contributed by atoms with Crippen molar-refractivity contribution in [3.05, 3.63) is 35.4 Å². The zero-order valence-corrected chi connectivity index (χ0v) is 18.4. The molecule has 0 spiro atoms. The Morgan fingerprint density at radius 2 is 1.81 bits per heavy atom. The number of nitrogens with zero attached hydrogens (tertiary/aromatic N) is 1. The highest BCUT2D eigenvalue weighted by molar-refractivity contribution is 7.98. The number of hydrogen-bond donors (Lipinski definition) is 1. The van der Waals surface area contributed by atoms with Gasteiger partial charge in [-0.15, -0.1) is 0 Å². The standard InChI is InChI=1S/C22H27F3N2O3S/c1-13(14-6-5-7-15(12-14)22(23,24)25)26-19(28)18(10-11-31-2)27-20(29)16-8-3-4-9-17(16)21(27)30/h5-7,12-13,16-18H,3-4,8-11H2,1-2H3,(H,26,28). The van der Waals surface area contributed by atoms with E-state index in [-0.39, 0.29) is 23.7 Å². The van der Waals surface area contributed by atoms with Gasteiger partial charge in [-0.25, -0.2) is 0 Å². The number of hydrogen-bond acceptors (Lipinski definition) is 4. The van der Waals surface area contributed by atoms with Gasteiger partial charge < -0.3 is 5.32 Å². The molecule has 1 aromatic carbocycles. The predicted octanol–water partition coefficient (Wildman–Crippen LogP) is 4.18. The van der Waals surface area contributed by atoms with Crippen molar-refractivity contribution < 1.29 is 27.6 Å². The summed E-state index contributed by atoms with van der Waals surface area (Å²) < 4.78 is 39.1. The highest BCUT2D eigenvalue weighted by Crippen LogP contribution is 2.39. The van der Waals surface area contributed by atoms with E-state index in [2.05, 4.69) is 5.32 Å². The molecule has 2 fully saturated rings. The zero-order valence-electron chi connectivity index (χ0n) is 17.6. The Balaban J connectivity index is 1.79. The van der Waals surface area contributed by atoms with Crippen LogP contribution in [-0.2, 0) is 20.6 Å². The number of thioether (sulfide) groups is 1. The van der Waals surface area contributed by atoms with E-state index in [1.807, 2.05) is 6.26 Å². The number of halogens is 3. The quantitative estimate of drug-likeness (QED) is 0.625. The molecule has 1 N–H and O–H groups in total. The molecule has 1 saturated heterocycles. The normalized spacial score (nSPS) is 23.5. The van der Waals surface area contributed by atoms with E-state index in [0.29, 0.717) is 30.6 Å². The number of nitrogens with one attached hydrogen (secondary N) is 1. The third-order valence-electron chi connectivity index (χ3n) is 6.16. The summed E-state index contributed by atoms with van der Waals surface area (Å²) in [5.41, 5.74) is -0.487. The summed E-state index contributed by atoms with van der Waals surface area (Å²) in [4.78, 5) is 40.2. The summed E-state index contributed by atoms with van der Waals surface area (Å²) in [6.07, 6.45) is 0.787. The van der Waals surface area contributed by atoms with Gasteiger partial charge in [0.05, 0.1) is 23.4 Å². The van der Waals surface area contributed by atoms with Gasteiger partial charge in [-0.05, 0) is 55.9 Å². The van der Waals surface area contributed by atoms with E-state index in [0.717, 1.165) is 29.9 Å². The Morgan fingerprint density at radius 3 is 2.35 bits per heavy atom. The summed E-state index contributed by atoms with van der Waals surface area (Å²) >= 11 is 1.50. The lowest BCUT2D eigenvalue weighted by atomic mass is 9.81. The molecule has 1 aliphatic carbocycles. The average molecular weight is 457 g/mol. The van der Waals surface area contributed by atoms with Gasteiger partial charge in [-0.3, -0.25) is 19.3 Å². The highest BCUT2D eigenvalue weighted by atomic mass is 32.2. The van der Waals surface area contributed by atoms with E-state index in [4.69, 9.17) is 0 Å². The Morgan fingerprint density at radius 1 is 1.19 bits per heavy atom. The number of alkyl halides is 3. The van der Waals surface area contributed by atoms with Gasteiger partial charge in [-0.1, -0.05) is 25.0 Å². The van der Waals surface area contributed by atoms with Crippen molar-refractivity contribution in [1.82, 2.24) is 10.2 Å². The minimum Gasteiger partial charge on any atom is -0.348 e. The lowest BCUT2D eigenvalue weighted by Crippen LogP contribution is -2.50. The molecule has 2 aliphatic rings. The van der Waals surface area contributed by atoms with Crippen molar-refractivity contribution >= 4 is 29.5 Å². The van der Waals surface area contributed by atoms with Crippen molar-refractivity contribution in [2.45, 2.75) is 57.3 Å². The Bertz CT molecular complexity index is 822. The minimum absolute atomic E-state index is 0.289. The monoisotopic (exact) mass is 456 g/mol. The molecule has 0 radical (unpaired) electrons. The SMILES string of the molecule is CSCCC(C(=O)NC(C)c1cccc(C(F)(F)F)c1)N1C(=O)C2CCCCC2C1=O. The molecule has 4 atom stereocenters. The number of carbonyl (C=O) groups is 3. The van der Waals surface area contributed by atoms with Gasteiger partial charge in [-0.2, -0.15) is 24.9 Å². The van der Waals surface area contributed by atoms with Crippen LogP contribution in [0.2, 0.25) is 0 Å². The second-order valence-electron chi connectivity index (χ2n) is 8.19. The summed E-state index contributed by atoms with van der Waals surface area (Å²) in [5.74, 6) is -1.23. The fourth-order valence-electron chi connectivity index (χ4n) is 4.48. The van der Waals surface area contributed by atoms with Crippen LogP contribution in [0, 0.1) is 11.8 Å². The molecular weight excluding hydrogens is 429 g/mol. The Hall–Kier alpha value is -2.03. The molecule has 3 rings (SSSR count). The van der Waals surface area contributed by atoms with Crippen molar-refractivity contribution in [3.8, 4) is 0 Å². The molecular formula is C22H27F3N2O3S. The maximum atomic E-state index is 13.1. The minimum atomic E-state index is -4.48. The first kappa shape index (κ1) is 23.6. The van der Waals surface area contributed by atoms with Crippen LogP contribution in [0.15, 0.2) is 24.3 Å². The van der Waals surface area contributed by atoms with E-state index in [1.54, 1.807) is 6.92 Å². The summed E-state index contributed by atoms with van der Waals surface area (Å²) in [7, 11) is 0. The Labute approximate surface area is 184 Å². The molecule has 1 aromatic rings. The van der Waals surface area contributed by atoms with Crippen molar-refractivity contribution in [2.24, 2.45) is 11.8 Å². The number of imide groups is 1. The van der Waals surface area contributed by atoms with Gasteiger partial charge in [0.15, 0.2) is 0 Å². The van der Waals surface area contributed by atoms with Gasteiger partial charge in [0.25, 0.3) is 0 Å². The molecule has 1 saturated carbocycles. The molecule has 1 aliphatic heterocycles. The first-order valence-corrected chi connectivity index (χ1v) is 11.9. The first-order chi connectivity index (χ1) is 14.6. The van der Waals surface area contributed by atoms with E-state index < -0.39 is 29.7 Å². The third-order valence-corrected chi connectivity index (χ3v) is 6.80. The van der Waals surface area contributed by atoms with E-state index >= 15 is 0 Å². The topological polar surface area (TPSA) is 66.5 Å². The van der Waals surface area contributed by atoms with Crippen LogP contribution in [0.3, 0.4) is 0 Å². The molecule has 4 unspecified atom stereocenters. The van der Waals surface area contributed by atoms with Crippen molar-refractivity contribution in [3.63, 3.8) is 0 Å². The molecule has 0 aromatic heterocycles. The van der Waals surface area contributed by atoms with Crippen LogP contribution in [0.25, 0.3) is 0 Å². The fraction of sp³-hybridized carbons (Fsp3) is 0.591. The maximum absolute atomic E-state index is 13.1. The van der Waals surface area contributed by atoms with Crippen molar-refractivity contribution in [1.29, 1.82) is 0 Å². The number of fused-ring (bicyclic) bond motifs is 1. The molecule has 31 heavy (non-hydrogen) atoms. The van der Waals surface area contributed by atoms with Crippen LogP contribution in [0.5, 0.6) is 0 Å². The second kappa shape index (κ2) is 9.63. The summed E-state index contributed by atoms with van der Waals surface area (Å²) in [5, 5.41) is 2.72. The summed E-state index contributed by atoms with van der Waals surface area (Å²) in [6, 6.07) is 3.13. The zero-order chi connectivity index (χ0) is 22.8. The van der Waals surface area contributed by atoms with Crippen molar-refractivity contribution in [2.75, 3.05) is 12.0 Å².